The average molecular weight is 414 g/mol. The van der Waals surface area contributed by atoms with E-state index in [0.717, 1.165) is 25.3 Å². The van der Waals surface area contributed by atoms with Crippen LogP contribution in [0.2, 0.25) is 5.15 Å². The smallest absolute Gasteiger partial charge is 0.299 e. The molecule has 1 amide bonds. The van der Waals surface area contributed by atoms with Gasteiger partial charge in [-0.05, 0) is 25.1 Å². The van der Waals surface area contributed by atoms with Gasteiger partial charge < -0.3 is 15.8 Å². The van der Waals surface area contributed by atoms with Crippen molar-refractivity contribution in [3.63, 3.8) is 0 Å². The maximum atomic E-state index is 14.7. The number of hydrogen-bond acceptors (Lipinski definition) is 6. The Morgan fingerprint density at radius 2 is 2.07 bits per heavy atom. The molecule has 1 atom stereocenters. The number of rotatable bonds is 3. The second-order valence-electron chi connectivity index (χ2n) is 6.25. The van der Waals surface area contributed by atoms with Gasteiger partial charge in [-0.25, -0.2) is 23.1 Å². The van der Waals surface area contributed by atoms with Crippen LogP contribution in [0.3, 0.4) is 0 Å². The molecule has 0 saturated heterocycles. The van der Waals surface area contributed by atoms with E-state index in [1.165, 1.54) is 12.3 Å². The van der Waals surface area contributed by atoms with Gasteiger partial charge >= 0.3 is 0 Å². The minimum atomic E-state index is -3.54. The Balaban J connectivity index is 1.98. The first kappa shape index (κ1) is 20.0. The fraction of sp³-hybridized carbons (Fsp3) is 0.294. The molecule has 0 radical (unpaired) electrons. The number of nitrogens with two attached hydrogens (primary N) is 1. The Morgan fingerprint density at radius 3 is 2.75 bits per heavy atom. The molecule has 11 heteroatoms. The van der Waals surface area contributed by atoms with Crippen LogP contribution in [0.15, 0.2) is 35.6 Å². The van der Waals surface area contributed by atoms with E-state index >= 15 is 0 Å². The fourth-order valence-electron chi connectivity index (χ4n) is 2.68. The second kappa shape index (κ2) is 7.36. The molecular formula is C17H15ClF3N5O2. The van der Waals surface area contributed by atoms with E-state index in [1.807, 2.05) is 0 Å². The number of ether oxygens (including phenoxy) is 1. The lowest BCUT2D eigenvalue weighted by atomic mass is 9.85. The zero-order valence-corrected chi connectivity index (χ0v) is 15.3. The molecule has 0 fully saturated rings. The normalized spacial score (nSPS) is 21.5. The quantitative estimate of drug-likeness (QED) is 0.805. The highest BCUT2D eigenvalue weighted by molar-refractivity contribution is 6.29. The van der Waals surface area contributed by atoms with Crippen molar-refractivity contribution >= 4 is 29.0 Å². The number of nitrogens with one attached hydrogen (secondary N) is 1. The SMILES string of the molecule is C[C@]1(c2cc(NC(=O)c3cnc(Cl)cn3)ccc2F)N=C(N)COCC1(F)F. The maximum absolute atomic E-state index is 14.7. The van der Waals surface area contributed by atoms with Crippen LogP contribution in [-0.2, 0) is 10.3 Å². The predicted octanol–water partition coefficient (Wildman–Crippen LogP) is 2.76. The minimum Gasteiger partial charge on any atom is -0.385 e. The molecule has 1 aromatic heterocycles. The lowest BCUT2D eigenvalue weighted by Crippen LogP contribution is -2.45. The number of amides is 1. The summed E-state index contributed by atoms with van der Waals surface area (Å²) in [7, 11) is 0. The first-order valence-electron chi connectivity index (χ1n) is 8.01. The molecule has 2 aromatic rings. The van der Waals surface area contributed by atoms with Crippen molar-refractivity contribution in [1.29, 1.82) is 0 Å². The van der Waals surface area contributed by atoms with Gasteiger partial charge in [-0.3, -0.25) is 9.79 Å². The summed E-state index contributed by atoms with van der Waals surface area (Å²) in [5.74, 6) is -5.33. The molecule has 3 N–H and O–H groups in total. The Hall–Kier alpha value is -2.72. The highest BCUT2D eigenvalue weighted by atomic mass is 35.5. The Morgan fingerprint density at radius 1 is 1.32 bits per heavy atom. The standard InChI is InChI=1S/C17H15ClF3N5O2/c1-16(17(20,21)8-28-7-14(22)26-16)10-4-9(2-3-11(10)19)25-15(27)12-5-24-13(18)6-23-12/h2-6H,7-8H2,1H3,(H2,22,26)(H,25,27)/t16-/m1/s1. The Bertz CT molecular complexity index is 939. The molecule has 0 aliphatic carbocycles. The molecule has 0 unspecified atom stereocenters. The third-order valence-corrected chi connectivity index (χ3v) is 4.41. The van der Waals surface area contributed by atoms with E-state index in [9.17, 15) is 18.0 Å². The van der Waals surface area contributed by atoms with Crippen LogP contribution in [-0.4, -0.2) is 40.8 Å². The van der Waals surface area contributed by atoms with Gasteiger partial charge in [0.1, 0.15) is 35.7 Å². The molecule has 1 aromatic carbocycles. The molecule has 28 heavy (non-hydrogen) atoms. The summed E-state index contributed by atoms with van der Waals surface area (Å²) < 4.78 is 48.6. The van der Waals surface area contributed by atoms with Crippen LogP contribution >= 0.6 is 11.6 Å². The Kier molecular flexibility index (Phi) is 5.26. The number of aliphatic imine (C=N–C) groups is 1. The zero-order chi connectivity index (χ0) is 20.5. The van der Waals surface area contributed by atoms with E-state index < -0.39 is 35.4 Å². The number of carbonyl (C=O) groups is 1. The number of alkyl halides is 2. The molecule has 0 bridgehead atoms. The van der Waals surface area contributed by atoms with Gasteiger partial charge in [-0.2, -0.15) is 0 Å². The number of nitrogens with zero attached hydrogens (tertiary/aromatic N) is 3. The molecule has 0 spiro atoms. The zero-order valence-electron chi connectivity index (χ0n) is 14.5. The van der Waals surface area contributed by atoms with E-state index in [-0.39, 0.29) is 29.0 Å². The number of anilines is 1. The van der Waals surface area contributed by atoms with Gasteiger partial charge in [-0.1, -0.05) is 11.6 Å². The van der Waals surface area contributed by atoms with Crippen molar-refractivity contribution in [2.24, 2.45) is 10.7 Å². The van der Waals surface area contributed by atoms with Crippen LogP contribution in [0.4, 0.5) is 18.9 Å². The summed E-state index contributed by atoms with van der Waals surface area (Å²) in [6.07, 6.45) is 2.32. The highest BCUT2D eigenvalue weighted by Gasteiger charge is 2.54. The average Bonchev–Trinajstić information content (AvgIpc) is 2.73. The summed E-state index contributed by atoms with van der Waals surface area (Å²) >= 11 is 5.62. The number of benzene rings is 1. The van der Waals surface area contributed by atoms with Gasteiger partial charge in [0.05, 0.1) is 12.4 Å². The van der Waals surface area contributed by atoms with Crippen molar-refractivity contribution < 1.29 is 22.7 Å². The molecule has 0 saturated carbocycles. The molecule has 2 heterocycles. The van der Waals surface area contributed by atoms with E-state index in [1.54, 1.807) is 0 Å². The summed E-state index contributed by atoms with van der Waals surface area (Å²) in [6.45, 7) is -0.216. The van der Waals surface area contributed by atoms with E-state index in [2.05, 4.69) is 20.3 Å². The number of halogens is 4. The third-order valence-electron chi connectivity index (χ3n) is 4.21. The van der Waals surface area contributed by atoms with E-state index in [4.69, 9.17) is 22.1 Å². The van der Waals surface area contributed by atoms with Crippen molar-refractivity contribution in [1.82, 2.24) is 9.97 Å². The summed E-state index contributed by atoms with van der Waals surface area (Å²) in [5.41, 5.74) is 2.85. The van der Waals surface area contributed by atoms with Crippen molar-refractivity contribution in [2.75, 3.05) is 18.5 Å². The van der Waals surface area contributed by atoms with Crippen molar-refractivity contribution in [3.8, 4) is 0 Å². The first-order valence-corrected chi connectivity index (χ1v) is 8.39. The summed E-state index contributed by atoms with van der Waals surface area (Å²) in [5, 5.41) is 2.55. The predicted molar refractivity (Wildman–Crippen MR) is 96.1 cm³/mol. The topological polar surface area (TPSA) is 102 Å². The van der Waals surface area contributed by atoms with Crippen molar-refractivity contribution in [2.45, 2.75) is 18.4 Å². The van der Waals surface area contributed by atoms with Crippen LogP contribution in [0.1, 0.15) is 23.0 Å². The lowest BCUT2D eigenvalue weighted by Gasteiger charge is -2.33. The molecular weight excluding hydrogens is 399 g/mol. The number of amidine groups is 1. The highest BCUT2D eigenvalue weighted by Crippen LogP contribution is 2.44. The van der Waals surface area contributed by atoms with Gasteiger partial charge in [0, 0.05) is 11.3 Å². The van der Waals surface area contributed by atoms with Crippen LogP contribution in [0.5, 0.6) is 0 Å². The van der Waals surface area contributed by atoms with Gasteiger partial charge in [0.15, 0.2) is 5.54 Å². The summed E-state index contributed by atoms with van der Waals surface area (Å²) in [4.78, 5) is 23.6. The molecule has 3 rings (SSSR count). The largest absolute Gasteiger partial charge is 0.385 e. The van der Waals surface area contributed by atoms with Crippen LogP contribution in [0, 0.1) is 5.82 Å². The van der Waals surface area contributed by atoms with Gasteiger partial charge in [0.2, 0.25) is 0 Å². The molecule has 1 aliphatic heterocycles. The van der Waals surface area contributed by atoms with Gasteiger partial charge in [-0.15, -0.1) is 0 Å². The third kappa shape index (κ3) is 3.78. The van der Waals surface area contributed by atoms with Gasteiger partial charge in [0.25, 0.3) is 11.8 Å². The van der Waals surface area contributed by atoms with Crippen LogP contribution in [0.25, 0.3) is 0 Å². The molecule has 1 aliphatic rings. The van der Waals surface area contributed by atoms with Crippen LogP contribution < -0.4 is 11.1 Å². The number of aromatic nitrogens is 2. The fourth-order valence-corrected chi connectivity index (χ4v) is 2.78. The molecule has 148 valence electrons. The first-order chi connectivity index (χ1) is 13.1. The lowest BCUT2D eigenvalue weighted by molar-refractivity contribution is -0.116. The number of hydrogen-bond donors (Lipinski definition) is 2. The summed E-state index contributed by atoms with van der Waals surface area (Å²) in [6, 6.07) is 3.26. The maximum Gasteiger partial charge on any atom is 0.299 e. The second-order valence-corrected chi connectivity index (χ2v) is 6.63. The Labute approximate surface area is 162 Å². The van der Waals surface area contributed by atoms with Crippen molar-refractivity contribution in [3.05, 3.63) is 52.8 Å². The monoisotopic (exact) mass is 413 g/mol. The van der Waals surface area contributed by atoms with E-state index in [0.29, 0.717) is 0 Å². The number of carbonyl (C=O) groups excluding carboxylic acids is 1. The minimum absolute atomic E-state index is 0.0584. The molecule has 7 nitrogen and oxygen atoms in total.